The third-order valence-electron chi connectivity index (χ3n) is 2.68. The Morgan fingerprint density at radius 3 is 2.55 bits per heavy atom. The van der Waals surface area contributed by atoms with Crippen LogP contribution in [0.25, 0.3) is 0 Å². The van der Waals surface area contributed by atoms with Crippen LogP contribution in [0.4, 0.5) is 0 Å². The molecule has 0 unspecified atom stereocenters. The van der Waals surface area contributed by atoms with E-state index in [-0.39, 0.29) is 11.9 Å². The molecule has 0 bridgehead atoms. The van der Waals surface area contributed by atoms with Crippen LogP contribution in [-0.2, 0) is 16.0 Å². The minimum absolute atomic E-state index is 0.0734. The molecule has 0 aliphatic heterocycles. The summed E-state index contributed by atoms with van der Waals surface area (Å²) in [6.45, 7) is 5.28. The lowest BCUT2D eigenvalue weighted by Gasteiger charge is -2.16. The van der Waals surface area contributed by atoms with Crippen LogP contribution in [0.1, 0.15) is 32.3 Å². The Bertz CT molecular complexity index is 564. The number of hydrogen-bond donors (Lipinski definition) is 1. The first kappa shape index (κ1) is 16.1. The van der Waals surface area contributed by atoms with Gasteiger partial charge < -0.3 is 9.47 Å². The SMILES string of the molecule is CCOC(CCCn1cc(C#N)c(=O)[nH]c1=O)OCC. The number of aryl methyl sites for hydroxylation is 1. The Morgan fingerprint density at radius 1 is 1.35 bits per heavy atom. The van der Waals surface area contributed by atoms with Crippen LogP contribution in [0.3, 0.4) is 0 Å². The zero-order valence-electron chi connectivity index (χ0n) is 11.7. The third kappa shape index (κ3) is 4.64. The van der Waals surface area contributed by atoms with Crippen LogP contribution in [-0.4, -0.2) is 29.1 Å². The maximum atomic E-state index is 11.6. The molecule has 1 heterocycles. The van der Waals surface area contributed by atoms with Gasteiger partial charge in [-0.05, 0) is 20.3 Å². The largest absolute Gasteiger partial charge is 0.353 e. The zero-order valence-corrected chi connectivity index (χ0v) is 11.7. The van der Waals surface area contributed by atoms with Crippen molar-refractivity contribution >= 4 is 0 Å². The standard InChI is InChI=1S/C13H19N3O4/c1-3-19-11(20-4-2)6-5-7-16-9-10(8-14)12(17)15-13(16)18/h9,11H,3-7H2,1-2H3,(H,15,17,18). The summed E-state index contributed by atoms with van der Waals surface area (Å²) < 4.78 is 12.1. The second kappa shape index (κ2) is 8.30. The summed E-state index contributed by atoms with van der Waals surface area (Å²) in [6, 6.07) is 1.75. The summed E-state index contributed by atoms with van der Waals surface area (Å²) in [5.41, 5.74) is -1.25. The second-order valence-corrected chi connectivity index (χ2v) is 4.09. The first-order valence-electron chi connectivity index (χ1n) is 6.59. The minimum atomic E-state index is -0.657. The van der Waals surface area contributed by atoms with E-state index in [1.54, 1.807) is 6.07 Å². The van der Waals surface area contributed by atoms with E-state index in [1.165, 1.54) is 10.8 Å². The van der Waals surface area contributed by atoms with Crippen LogP contribution in [0.2, 0.25) is 0 Å². The highest BCUT2D eigenvalue weighted by Crippen LogP contribution is 2.05. The van der Waals surface area contributed by atoms with Crippen molar-refractivity contribution in [3.63, 3.8) is 0 Å². The number of rotatable bonds is 8. The fourth-order valence-corrected chi connectivity index (χ4v) is 1.77. The smallest absolute Gasteiger partial charge is 0.328 e. The highest BCUT2D eigenvalue weighted by molar-refractivity contribution is 5.21. The number of ether oxygens (including phenoxy) is 2. The van der Waals surface area contributed by atoms with E-state index < -0.39 is 11.2 Å². The van der Waals surface area contributed by atoms with E-state index >= 15 is 0 Å². The van der Waals surface area contributed by atoms with Crippen molar-refractivity contribution in [3.05, 3.63) is 32.6 Å². The van der Waals surface area contributed by atoms with E-state index in [0.29, 0.717) is 32.6 Å². The summed E-state index contributed by atoms with van der Waals surface area (Å²) in [4.78, 5) is 24.9. The fraction of sp³-hybridized carbons (Fsp3) is 0.615. The monoisotopic (exact) mass is 281 g/mol. The van der Waals surface area contributed by atoms with E-state index in [4.69, 9.17) is 14.7 Å². The van der Waals surface area contributed by atoms with Crippen molar-refractivity contribution in [3.8, 4) is 6.07 Å². The van der Waals surface area contributed by atoms with E-state index in [2.05, 4.69) is 4.98 Å². The molecule has 0 saturated carbocycles. The van der Waals surface area contributed by atoms with Crippen LogP contribution >= 0.6 is 0 Å². The van der Waals surface area contributed by atoms with Gasteiger partial charge in [0.2, 0.25) is 0 Å². The second-order valence-electron chi connectivity index (χ2n) is 4.09. The van der Waals surface area contributed by atoms with E-state index in [1.807, 2.05) is 13.8 Å². The molecule has 7 nitrogen and oxygen atoms in total. The predicted octanol–water partition coefficient (Wildman–Crippen LogP) is 0.588. The Labute approximate surface area is 116 Å². The van der Waals surface area contributed by atoms with Crippen molar-refractivity contribution < 1.29 is 9.47 Å². The molecule has 0 spiro atoms. The summed E-state index contributed by atoms with van der Waals surface area (Å²) in [5, 5.41) is 8.76. The van der Waals surface area contributed by atoms with Gasteiger partial charge in [-0.3, -0.25) is 14.3 Å². The van der Waals surface area contributed by atoms with Gasteiger partial charge in [0, 0.05) is 32.4 Å². The van der Waals surface area contributed by atoms with Crippen molar-refractivity contribution in [2.45, 2.75) is 39.5 Å². The Hall–Kier alpha value is -1.91. The number of nitrogens with zero attached hydrogens (tertiary/aromatic N) is 2. The minimum Gasteiger partial charge on any atom is -0.353 e. The quantitative estimate of drug-likeness (QED) is 0.703. The number of nitrogens with one attached hydrogen (secondary N) is 1. The van der Waals surface area contributed by atoms with Gasteiger partial charge in [0.1, 0.15) is 11.6 Å². The van der Waals surface area contributed by atoms with Gasteiger partial charge in [0.25, 0.3) is 5.56 Å². The molecule has 0 atom stereocenters. The molecule has 0 aromatic carbocycles. The van der Waals surface area contributed by atoms with Crippen molar-refractivity contribution in [1.29, 1.82) is 5.26 Å². The van der Waals surface area contributed by atoms with Gasteiger partial charge >= 0.3 is 5.69 Å². The van der Waals surface area contributed by atoms with Gasteiger partial charge in [-0.1, -0.05) is 0 Å². The Balaban J connectivity index is 2.64. The highest BCUT2D eigenvalue weighted by atomic mass is 16.7. The Kier molecular flexibility index (Phi) is 6.70. The van der Waals surface area contributed by atoms with Gasteiger partial charge in [0.15, 0.2) is 6.29 Å². The normalized spacial score (nSPS) is 10.7. The number of aromatic nitrogens is 2. The molecule has 1 aromatic heterocycles. The lowest BCUT2D eigenvalue weighted by Crippen LogP contribution is -2.31. The topological polar surface area (TPSA) is 97.1 Å². The van der Waals surface area contributed by atoms with Crippen molar-refractivity contribution in [1.82, 2.24) is 9.55 Å². The lowest BCUT2D eigenvalue weighted by molar-refractivity contribution is -0.140. The lowest BCUT2D eigenvalue weighted by atomic mass is 10.3. The molecule has 1 rings (SSSR count). The van der Waals surface area contributed by atoms with Crippen LogP contribution in [0, 0.1) is 11.3 Å². The molecule has 0 saturated heterocycles. The maximum Gasteiger partial charge on any atom is 0.328 e. The number of hydrogen-bond acceptors (Lipinski definition) is 5. The summed E-state index contributed by atoms with van der Waals surface area (Å²) in [6.07, 6.45) is 2.26. The molecule has 1 N–H and O–H groups in total. The average Bonchev–Trinajstić information content (AvgIpc) is 2.41. The first-order chi connectivity index (χ1) is 9.62. The molecule has 20 heavy (non-hydrogen) atoms. The molecule has 0 aliphatic carbocycles. The number of aromatic amines is 1. The zero-order chi connectivity index (χ0) is 15.0. The van der Waals surface area contributed by atoms with Crippen LogP contribution in [0.5, 0.6) is 0 Å². The number of nitriles is 1. The van der Waals surface area contributed by atoms with Gasteiger partial charge in [-0.25, -0.2) is 4.79 Å². The van der Waals surface area contributed by atoms with E-state index in [9.17, 15) is 9.59 Å². The van der Waals surface area contributed by atoms with Gasteiger partial charge in [-0.15, -0.1) is 0 Å². The van der Waals surface area contributed by atoms with Crippen LogP contribution < -0.4 is 11.2 Å². The van der Waals surface area contributed by atoms with Crippen molar-refractivity contribution in [2.75, 3.05) is 13.2 Å². The predicted molar refractivity (Wildman–Crippen MR) is 72.3 cm³/mol. The fourth-order valence-electron chi connectivity index (χ4n) is 1.77. The number of H-pyrrole nitrogens is 1. The third-order valence-corrected chi connectivity index (χ3v) is 2.68. The van der Waals surface area contributed by atoms with E-state index in [0.717, 1.165) is 0 Å². The maximum absolute atomic E-state index is 11.6. The van der Waals surface area contributed by atoms with Gasteiger partial charge in [0.05, 0.1) is 0 Å². The Morgan fingerprint density at radius 2 is 2.00 bits per heavy atom. The highest BCUT2D eigenvalue weighted by Gasteiger charge is 2.09. The van der Waals surface area contributed by atoms with Gasteiger partial charge in [-0.2, -0.15) is 5.26 Å². The molecule has 0 fully saturated rings. The van der Waals surface area contributed by atoms with Crippen LogP contribution in [0.15, 0.2) is 15.8 Å². The summed E-state index contributed by atoms with van der Waals surface area (Å²) in [5.74, 6) is 0. The van der Waals surface area contributed by atoms with Crippen molar-refractivity contribution in [2.24, 2.45) is 0 Å². The molecular weight excluding hydrogens is 262 g/mol. The molecule has 110 valence electrons. The molecule has 0 amide bonds. The molecule has 0 radical (unpaired) electrons. The molecule has 7 heteroatoms. The molecular formula is C13H19N3O4. The first-order valence-corrected chi connectivity index (χ1v) is 6.59. The molecule has 0 aliphatic rings. The summed E-state index contributed by atoms with van der Waals surface area (Å²) >= 11 is 0. The average molecular weight is 281 g/mol. The molecule has 1 aromatic rings. The summed E-state index contributed by atoms with van der Waals surface area (Å²) in [7, 11) is 0.